The maximum Gasteiger partial charge on any atom is 0.244 e. The van der Waals surface area contributed by atoms with Gasteiger partial charge in [0.15, 0.2) is 11.5 Å². The number of carbonyl (C=O) groups excluding carboxylic acids is 2. The number of rotatable bonds is 6. The summed E-state index contributed by atoms with van der Waals surface area (Å²) in [5.41, 5.74) is 2.23. The first kappa shape index (κ1) is 18.8. The fraction of sp³-hybridized carbons (Fsp3) is 0.286. The maximum absolute atomic E-state index is 12.7. The molecule has 0 fully saturated rings. The third kappa shape index (κ3) is 4.01. The molecule has 2 N–H and O–H groups in total. The van der Waals surface area contributed by atoms with Gasteiger partial charge in [0.25, 0.3) is 0 Å². The first-order chi connectivity index (χ1) is 14.0. The van der Waals surface area contributed by atoms with Gasteiger partial charge in [0.2, 0.25) is 18.6 Å². The molecule has 0 unspecified atom stereocenters. The van der Waals surface area contributed by atoms with Gasteiger partial charge in [-0.25, -0.2) is 4.98 Å². The van der Waals surface area contributed by atoms with Gasteiger partial charge < -0.3 is 24.7 Å². The van der Waals surface area contributed by atoms with Crippen LogP contribution in [0.4, 0.5) is 5.69 Å². The summed E-state index contributed by atoms with van der Waals surface area (Å²) in [4.78, 5) is 29.2. The van der Waals surface area contributed by atoms with Gasteiger partial charge in [-0.1, -0.05) is 26.0 Å². The van der Waals surface area contributed by atoms with E-state index in [0.717, 1.165) is 11.0 Å². The highest BCUT2D eigenvalue weighted by atomic mass is 16.7. The Balaban J connectivity index is 1.53. The molecule has 1 aliphatic heterocycles. The van der Waals surface area contributed by atoms with Crippen molar-refractivity contribution >= 4 is 28.5 Å². The third-order valence-electron chi connectivity index (χ3n) is 4.64. The van der Waals surface area contributed by atoms with Crippen molar-refractivity contribution in [2.75, 3.05) is 12.1 Å². The Kier molecular flexibility index (Phi) is 5.07. The van der Waals surface area contributed by atoms with Crippen LogP contribution in [-0.4, -0.2) is 28.2 Å². The Labute approximate surface area is 167 Å². The molecule has 4 rings (SSSR count). The number of benzene rings is 2. The average Bonchev–Trinajstić information content (AvgIpc) is 3.30. The number of fused-ring (bicyclic) bond motifs is 2. The fourth-order valence-electron chi connectivity index (χ4n) is 3.13. The molecule has 29 heavy (non-hydrogen) atoms. The predicted octanol–water partition coefficient (Wildman–Crippen LogP) is 2.68. The lowest BCUT2D eigenvalue weighted by Crippen LogP contribution is -2.29. The van der Waals surface area contributed by atoms with E-state index >= 15 is 0 Å². The number of para-hydroxylation sites is 2. The molecule has 2 amide bonds. The number of carbonyl (C=O) groups is 2. The molecule has 3 aromatic rings. The van der Waals surface area contributed by atoms with Crippen molar-refractivity contribution < 1.29 is 19.1 Å². The normalized spacial score (nSPS) is 12.4. The molecule has 0 saturated carbocycles. The number of hydrogen-bond donors (Lipinski definition) is 2. The maximum atomic E-state index is 12.7. The van der Waals surface area contributed by atoms with Gasteiger partial charge in [0, 0.05) is 17.7 Å². The quantitative estimate of drug-likeness (QED) is 0.670. The van der Waals surface area contributed by atoms with Crippen LogP contribution in [0.15, 0.2) is 42.5 Å². The Morgan fingerprint density at radius 2 is 1.93 bits per heavy atom. The van der Waals surface area contributed by atoms with Gasteiger partial charge in [0.1, 0.15) is 12.4 Å². The fourth-order valence-corrected chi connectivity index (χ4v) is 3.13. The SMILES string of the molecule is CC(C)C(=O)NCc1nc2ccccc2n1CC(=O)Nc1ccc2c(c1)OCO2. The summed E-state index contributed by atoms with van der Waals surface area (Å²) in [6, 6.07) is 12.8. The molecular formula is C21H22N4O4. The predicted molar refractivity (Wildman–Crippen MR) is 108 cm³/mol. The number of nitrogens with zero attached hydrogens (tertiary/aromatic N) is 2. The summed E-state index contributed by atoms with van der Waals surface area (Å²) in [6.07, 6.45) is 0. The first-order valence-corrected chi connectivity index (χ1v) is 9.42. The molecule has 2 heterocycles. The van der Waals surface area contributed by atoms with Gasteiger partial charge in [-0.2, -0.15) is 0 Å². The molecular weight excluding hydrogens is 372 g/mol. The minimum Gasteiger partial charge on any atom is -0.454 e. The summed E-state index contributed by atoms with van der Waals surface area (Å²) >= 11 is 0. The largest absolute Gasteiger partial charge is 0.454 e. The minimum absolute atomic E-state index is 0.0617. The number of imidazole rings is 1. The standard InChI is InChI=1S/C21H22N4O4/c1-13(2)21(27)22-10-19-24-15-5-3-4-6-16(15)25(19)11-20(26)23-14-7-8-17-18(9-14)29-12-28-17/h3-9,13H,10-12H2,1-2H3,(H,22,27)(H,23,26). The van der Waals surface area contributed by atoms with Gasteiger partial charge in [-0.3, -0.25) is 9.59 Å². The van der Waals surface area contributed by atoms with Gasteiger partial charge in [-0.15, -0.1) is 0 Å². The van der Waals surface area contributed by atoms with E-state index in [2.05, 4.69) is 15.6 Å². The van der Waals surface area contributed by atoms with Crippen molar-refractivity contribution in [3.05, 3.63) is 48.3 Å². The third-order valence-corrected chi connectivity index (χ3v) is 4.64. The molecule has 0 aliphatic carbocycles. The highest BCUT2D eigenvalue weighted by Crippen LogP contribution is 2.34. The van der Waals surface area contributed by atoms with Crippen LogP contribution in [-0.2, 0) is 22.7 Å². The van der Waals surface area contributed by atoms with E-state index in [-0.39, 0.29) is 37.6 Å². The van der Waals surface area contributed by atoms with Crippen LogP contribution >= 0.6 is 0 Å². The summed E-state index contributed by atoms with van der Waals surface area (Å²) in [6.45, 7) is 4.16. The van der Waals surface area contributed by atoms with E-state index < -0.39 is 0 Å². The Bertz CT molecular complexity index is 1070. The highest BCUT2D eigenvalue weighted by molar-refractivity contribution is 5.92. The molecule has 2 aromatic carbocycles. The lowest BCUT2D eigenvalue weighted by molar-refractivity contribution is -0.124. The molecule has 8 heteroatoms. The number of nitrogens with one attached hydrogen (secondary N) is 2. The van der Waals surface area contributed by atoms with Gasteiger partial charge >= 0.3 is 0 Å². The second-order valence-electron chi connectivity index (χ2n) is 7.09. The van der Waals surface area contributed by atoms with Crippen molar-refractivity contribution in [2.45, 2.75) is 26.9 Å². The molecule has 8 nitrogen and oxygen atoms in total. The van der Waals surface area contributed by atoms with Crippen LogP contribution in [0.1, 0.15) is 19.7 Å². The van der Waals surface area contributed by atoms with Gasteiger partial charge in [-0.05, 0) is 24.3 Å². The Morgan fingerprint density at radius 3 is 2.76 bits per heavy atom. The van der Waals surface area contributed by atoms with Gasteiger partial charge in [0.05, 0.1) is 17.6 Å². The topological polar surface area (TPSA) is 94.5 Å². The van der Waals surface area contributed by atoms with Crippen molar-refractivity contribution in [2.24, 2.45) is 5.92 Å². The second kappa shape index (κ2) is 7.83. The van der Waals surface area contributed by atoms with E-state index in [1.54, 1.807) is 18.2 Å². The second-order valence-corrected chi connectivity index (χ2v) is 7.09. The van der Waals surface area contributed by atoms with E-state index in [9.17, 15) is 9.59 Å². The first-order valence-electron chi connectivity index (χ1n) is 9.42. The smallest absolute Gasteiger partial charge is 0.244 e. The van der Waals surface area contributed by atoms with Crippen LogP contribution in [0.25, 0.3) is 11.0 Å². The van der Waals surface area contributed by atoms with Crippen LogP contribution < -0.4 is 20.1 Å². The molecule has 1 aliphatic rings. The van der Waals surface area contributed by atoms with E-state index in [0.29, 0.717) is 23.0 Å². The summed E-state index contributed by atoms with van der Waals surface area (Å²) in [5, 5.41) is 5.74. The molecule has 0 bridgehead atoms. The zero-order valence-corrected chi connectivity index (χ0v) is 16.3. The minimum atomic E-state index is -0.205. The van der Waals surface area contributed by atoms with Crippen molar-refractivity contribution in [3.63, 3.8) is 0 Å². The molecule has 1 aromatic heterocycles. The van der Waals surface area contributed by atoms with Crippen LogP contribution in [0.3, 0.4) is 0 Å². The number of hydrogen-bond acceptors (Lipinski definition) is 5. The molecule has 0 spiro atoms. The van der Waals surface area contributed by atoms with E-state index in [4.69, 9.17) is 9.47 Å². The summed E-state index contributed by atoms with van der Waals surface area (Å²) < 4.78 is 12.5. The van der Waals surface area contributed by atoms with Crippen molar-refractivity contribution in [1.82, 2.24) is 14.9 Å². The molecule has 0 atom stereocenters. The Hall–Kier alpha value is -3.55. The lowest BCUT2D eigenvalue weighted by atomic mass is 10.2. The van der Waals surface area contributed by atoms with Crippen molar-refractivity contribution in [3.8, 4) is 11.5 Å². The van der Waals surface area contributed by atoms with Crippen LogP contribution in [0.5, 0.6) is 11.5 Å². The Morgan fingerprint density at radius 1 is 1.14 bits per heavy atom. The zero-order chi connectivity index (χ0) is 20.4. The van der Waals surface area contributed by atoms with Crippen LogP contribution in [0, 0.1) is 5.92 Å². The lowest BCUT2D eigenvalue weighted by Gasteiger charge is -2.12. The van der Waals surface area contributed by atoms with Crippen molar-refractivity contribution in [1.29, 1.82) is 0 Å². The number of aromatic nitrogens is 2. The molecule has 0 radical (unpaired) electrons. The summed E-state index contributed by atoms with van der Waals surface area (Å²) in [7, 11) is 0. The molecule has 0 saturated heterocycles. The zero-order valence-electron chi connectivity index (χ0n) is 16.3. The molecule has 150 valence electrons. The van der Waals surface area contributed by atoms with E-state index in [1.807, 2.05) is 42.7 Å². The number of anilines is 1. The van der Waals surface area contributed by atoms with Crippen LogP contribution in [0.2, 0.25) is 0 Å². The number of ether oxygens (including phenoxy) is 2. The highest BCUT2D eigenvalue weighted by Gasteiger charge is 2.17. The summed E-state index contributed by atoms with van der Waals surface area (Å²) in [5.74, 6) is 1.50. The average molecular weight is 394 g/mol. The monoisotopic (exact) mass is 394 g/mol. The number of amides is 2. The van der Waals surface area contributed by atoms with E-state index in [1.165, 1.54) is 0 Å².